The first kappa shape index (κ1) is 21.5. The molecule has 4 heteroatoms. The molecular weight excluding hydrogens is 438 g/mol. The minimum absolute atomic E-state index is 0.0985. The Morgan fingerprint density at radius 2 is 1.71 bits per heavy atom. The summed E-state index contributed by atoms with van der Waals surface area (Å²) in [5, 5.41) is 0. The number of amides is 1. The van der Waals surface area contributed by atoms with E-state index < -0.39 is 0 Å². The lowest BCUT2D eigenvalue weighted by atomic mass is 9.83. The molecule has 2 atom stereocenters. The lowest BCUT2D eigenvalue weighted by molar-refractivity contribution is 0.0539. The quantitative estimate of drug-likeness (QED) is 0.375. The fraction of sp³-hybridized carbons (Fsp3) is 0.300. The van der Waals surface area contributed by atoms with Gasteiger partial charge in [0.25, 0.3) is 0 Å². The summed E-state index contributed by atoms with van der Waals surface area (Å²) in [5.41, 5.74) is 7.68. The molecule has 1 aliphatic carbocycles. The van der Waals surface area contributed by atoms with Gasteiger partial charge in [0.15, 0.2) is 0 Å². The molecule has 1 fully saturated rings. The van der Waals surface area contributed by atoms with E-state index >= 15 is 0 Å². The second-order valence-corrected chi connectivity index (χ2v) is 10.4. The molecule has 3 aliphatic rings. The summed E-state index contributed by atoms with van der Waals surface area (Å²) in [6.07, 6.45) is 8.38. The SMILES string of the molecule is CSc1cccc(C2=CC3CCCC(C2)N3C(=O)OCC2c3ccccc3-c3ccccc32)c1. The lowest BCUT2D eigenvalue weighted by Crippen LogP contribution is -2.51. The molecule has 3 nitrogen and oxygen atoms in total. The summed E-state index contributed by atoms with van der Waals surface area (Å²) in [6.45, 7) is 0.384. The number of nitrogens with zero attached hydrogens (tertiary/aromatic N) is 1. The van der Waals surface area contributed by atoms with Gasteiger partial charge in [-0.3, -0.25) is 4.90 Å². The van der Waals surface area contributed by atoms with Gasteiger partial charge >= 0.3 is 6.09 Å². The molecule has 2 aliphatic heterocycles. The maximum atomic E-state index is 13.4. The molecule has 0 spiro atoms. The molecule has 172 valence electrons. The summed E-state index contributed by atoms with van der Waals surface area (Å²) < 4.78 is 6.05. The molecule has 0 N–H and O–H groups in total. The number of fused-ring (bicyclic) bond motifs is 5. The maximum Gasteiger partial charge on any atom is 0.410 e. The minimum atomic E-state index is -0.162. The fourth-order valence-electron chi connectivity index (χ4n) is 6.02. The Kier molecular flexibility index (Phi) is 5.70. The van der Waals surface area contributed by atoms with E-state index in [4.69, 9.17) is 4.74 Å². The van der Waals surface area contributed by atoms with E-state index in [1.807, 2.05) is 4.90 Å². The van der Waals surface area contributed by atoms with Gasteiger partial charge in [0.05, 0.1) is 6.04 Å². The molecule has 0 saturated carbocycles. The molecule has 6 rings (SSSR count). The number of rotatable bonds is 4. The highest BCUT2D eigenvalue weighted by atomic mass is 32.2. The fourth-order valence-corrected chi connectivity index (χ4v) is 6.48. The molecule has 0 radical (unpaired) electrons. The Hall–Kier alpha value is -2.98. The van der Waals surface area contributed by atoms with Crippen molar-refractivity contribution < 1.29 is 9.53 Å². The van der Waals surface area contributed by atoms with Gasteiger partial charge in [-0.15, -0.1) is 11.8 Å². The highest BCUT2D eigenvalue weighted by molar-refractivity contribution is 7.98. The normalized spacial score (nSPS) is 21.0. The number of carbonyl (C=O) groups excluding carboxylic acids is 1. The van der Waals surface area contributed by atoms with Crippen LogP contribution in [0.4, 0.5) is 4.79 Å². The molecule has 3 aromatic carbocycles. The van der Waals surface area contributed by atoms with Crippen LogP contribution in [0.3, 0.4) is 0 Å². The molecule has 34 heavy (non-hydrogen) atoms. The molecule has 1 saturated heterocycles. The van der Waals surface area contributed by atoms with Crippen molar-refractivity contribution in [2.75, 3.05) is 12.9 Å². The second-order valence-electron chi connectivity index (χ2n) is 9.49. The van der Waals surface area contributed by atoms with Gasteiger partial charge in [-0.2, -0.15) is 0 Å². The van der Waals surface area contributed by atoms with Crippen molar-refractivity contribution in [1.29, 1.82) is 0 Å². The molecule has 2 heterocycles. The predicted octanol–water partition coefficient (Wildman–Crippen LogP) is 7.37. The summed E-state index contributed by atoms with van der Waals surface area (Å²) in [5.74, 6) is 0.0985. The van der Waals surface area contributed by atoms with Gasteiger partial charge < -0.3 is 4.74 Å². The van der Waals surface area contributed by atoms with E-state index in [2.05, 4.69) is 85.1 Å². The maximum absolute atomic E-state index is 13.4. The predicted molar refractivity (Wildman–Crippen MR) is 139 cm³/mol. The van der Waals surface area contributed by atoms with Gasteiger partial charge in [-0.25, -0.2) is 4.79 Å². The zero-order valence-electron chi connectivity index (χ0n) is 19.4. The molecular formula is C30H29NO2S. The van der Waals surface area contributed by atoms with E-state index in [0.29, 0.717) is 6.61 Å². The minimum Gasteiger partial charge on any atom is -0.448 e. The number of hydrogen-bond donors (Lipinski definition) is 0. The molecule has 1 amide bonds. The number of hydrogen-bond acceptors (Lipinski definition) is 3. The van der Waals surface area contributed by atoms with Crippen LogP contribution in [0.15, 0.2) is 83.8 Å². The largest absolute Gasteiger partial charge is 0.448 e. The van der Waals surface area contributed by atoms with Crippen molar-refractivity contribution in [2.24, 2.45) is 0 Å². The first-order chi connectivity index (χ1) is 16.7. The monoisotopic (exact) mass is 467 g/mol. The van der Waals surface area contributed by atoms with E-state index in [1.54, 1.807) is 11.8 Å². The van der Waals surface area contributed by atoms with Crippen LogP contribution in [0.5, 0.6) is 0 Å². The summed E-state index contributed by atoms with van der Waals surface area (Å²) in [4.78, 5) is 16.7. The average Bonchev–Trinajstić information content (AvgIpc) is 3.20. The Morgan fingerprint density at radius 3 is 2.41 bits per heavy atom. The third-order valence-corrected chi connectivity index (χ3v) is 8.35. The molecule has 2 bridgehead atoms. The smallest absolute Gasteiger partial charge is 0.410 e. The van der Waals surface area contributed by atoms with E-state index in [-0.39, 0.29) is 24.1 Å². The summed E-state index contributed by atoms with van der Waals surface area (Å²) in [7, 11) is 0. The van der Waals surface area contributed by atoms with Crippen LogP contribution in [0.25, 0.3) is 16.7 Å². The zero-order chi connectivity index (χ0) is 23.1. The van der Waals surface area contributed by atoms with Crippen molar-refractivity contribution in [3.8, 4) is 11.1 Å². The van der Waals surface area contributed by atoms with Crippen molar-refractivity contribution in [3.05, 3.63) is 95.6 Å². The van der Waals surface area contributed by atoms with Gasteiger partial charge in [0, 0.05) is 16.9 Å². The van der Waals surface area contributed by atoms with Crippen LogP contribution in [-0.2, 0) is 4.74 Å². The van der Waals surface area contributed by atoms with Crippen LogP contribution >= 0.6 is 11.8 Å². The van der Waals surface area contributed by atoms with Gasteiger partial charge in [-0.1, -0.05) is 66.7 Å². The molecule has 2 unspecified atom stereocenters. The third-order valence-electron chi connectivity index (χ3n) is 7.62. The first-order valence-electron chi connectivity index (χ1n) is 12.2. The van der Waals surface area contributed by atoms with Crippen molar-refractivity contribution >= 4 is 23.4 Å². The Labute approximate surface area is 205 Å². The number of carbonyl (C=O) groups is 1. The van der Waals surface area contributed by atoms with Crippen molar-refractivity contribution in [3.63, 3.8) is 0 Å². The van der Waals surface area contributed by atoms with Crippen LogP contribution < -0.4 is 0 Å². The van der Waals surface area contributed by atoms with Gasteiger partial charge in [-0.05, 0) is 77.5 Å². The van der Waals surface area contributed by atoms with Crippen molar-refractivity contribution in [2.45, 2.75) is 48.6 Å². The van der Waals surface area contributed by atoms with E-state index in [0.717, 1.165) is 25.7 Å². The summed E-state index contributed by atoms with van der Waals surface area (Å²) in [6, 6.07) is 26.1. The van der Waals surface area contributed by atoms with Crippen LogP contribution in [-0.4, -0.2) is 35.9 Å². The average molecular weight is 468 g/mol. The van der Waals surface area contributed by atoms with E-state index in [9.17, 15) is 4.79 Å². The standard InChI is InChI=1S/C30H29NO2S/c1-34-24-11-6-8-20(18-24)21-16-22-9-7-10-23(17-21)31(22)30(32)33-19-29-27-14-4-2-12-25(27)26-13-3-5-15-28(26)29/h2-6,8,11-16,18,22-23,29H,7,9-10,17,19H2,1H3. The number of thioether (sulfide) groups is 1. The van der Waals surface area contributed by atoms with Crippen LogP contribution in [0.2, 0.25) is 0 Å². The topological polar surface area (TPSA) is 29.5 Å². The highest BCUT2D eigenvalue weighted by Crippen LogP contribution is 2.45. The number of ether oxygens (including phenoxy) is 1. The Balaban J connectivity index is 1.22. The Bertz CT molecular complexity index is 1220. The zero-order valence-corrected chi connectivity index (χ0v) is 20.3. The van der Waals surface area contributed by atoms with Crippen LogP contribution in [0, 0.1) is 0 Å². The van der Waals surface area contributed by atoms with Gasteiger partial charge in [0.1, 0.15) is 6.61 Å². The molecule has 0 aromatic heterocycles. The van der Waals surface area contributed by atoms with Crippen molar-refractivity contribution in [1.82, 2.24) is 4.90 Å². The highest BCUT2D eigenvalue weighted by Gasteiger charge is 2.39. The number of piperidine rings is 1. The third kappa shape index (κ3) is 3.74. The number of benzene rings is 3. The summed E-state index contributed by atoms with van der Waals surface area (Å²) >= 11 is 1.77. The Morgan fingerprint density at radius 1 is 0.971 bits per heavy atom. The second kappa shape index (κ2) is 8.99. The lowest BCUT2D eigenvalue weighted by Gasteiger charge is -2.44. The van der Waals surface area contributed by atoms with E-state index in [1.165, 1.54) is 38.3 Å². The first-order valence-corrected chi connectivity index (χ1v) is 13.4. The van der Waals surface area contributed by atoms with Crippen LogP contribution in [0.1, 0.15) is 48.3 Å². The molecule has 3 aromatic rings. The van der Waals surface area contributed by atoms with Gasteiger partial charge in [0.2, 0.25) is 0 Å².